The van der Waals surface area contributed by atoms with Crippen LogP contribution in [-0.2, 0) is 0 Å². The second-order valence-electron chi connectivity index (χ2n) is 2.65. The lowest BCUT2D eigenvalue weighted by Gasteiger charge is -2.13. The standard InChI is InChI=1S/C7H6ClF3N2O/c1-3-2-4(13-6(8)12-3)5(14)7(9,10)11/h2,5,14H,1H3. The van der Waals surface area contributed by atoms with Gasteiger partial charge in [0.05, 0.1) is 5.69 Å². The average molecular weight is 227 g/mol. The first-order chi connectivity index (χ1) is 6.30. The van der Waals surface area contributed by atoms with Gasteiger partial charge >= 0.3 is 6.18 Å². The number of hydrogen-bond acceptors (Lipinski definition) is 3. The van der Waals surface area contributed by atoms with Crippen molar-refractivity contribution in [2.45, 2.75) is 19.2 Å². The van der Waals surface area contributed by atoms with E-state index >= 15 is 0 Å². The summed E-state index contributed by atoms with van der Waals surface area (Å²) in [5.41, 5.74) is -0.279. The number of hydrogen-bond donors (Lipinski definition) is 1. The van der Waals surface area contributed by atoms with Crippen molar-refractivity contribution in [1.82, 2.24) is 9.97 Å². The van der Waals surface area contributed by atoms with Crippen LogP contribution in [0.4, 0.5) is 13.2 Å². The van der Waals surface area contributed by atoms with Crippen LogP contribution >= 0.6 is 11.6 Å². The molecule has 0 saturated carbocycles. The molecule has 1 aromatic heterocycles. The molecule has 0 fully saturated rings. The molecule has 0 aliphatic rings. The number of alkyl halides is 3. The maximum absolute atomic E-state index is 12.0. The number of aryl methyl sites for hydroxylation is 1. The molecule has 78 valence electrons. The van der Waals surface area contributed by atoms with E-state index in [4.69, 9.17) is 16.7 Å². The minimum Gasteiger partial charge on any atom is -0.378 e. The summed E-state index contributed by atoms with van der Waals surface area (Å²) in [4.78, 5) is 6.86. The van der Waals surface area contributed by atoms with E-state index in [9.17, 15) is 13.2 Å². The fourth-order valence-electron chi connectivity index (χ4n) is 0.863. The van der Waals surface area contributed by atoms with Crippen LogP contribution in [0.1, 0.15) is 17.5 Å². The number of aromatic nitrogens is 2. The summed E-state index contributed by atoms with van der Waals surface area (Å²) in [6.07, 6.45) is -7.37. The van der Waals surface area contributed by atoms with Gasteiger partial charge in [0.25, 0.3) is 0 Å². The van der Waals surface area contributed by atoms with Gasteiger partial charge < -0.3 is 5.11 Å². The van der Waals surface area contributed by atoms with Crippen molar-refractivity contribution >= 4 is 11.6 Å². The Morgan fingerprint density at radius 1 is 1.43 bits per heavy atom. The molecule has 0 saturated heterocycles. The Bertz CT molecular complexity index is 322. The SMILES string of the molecule is Cc1cc(C(O)C(F)(F)F)nc(Cl)n1. The molecule has 0 aliphatic carbocycles. The summed E-state index contributed by atoms with van der Waals surface area (Å²) in [6, 6.07) is 1.03. The monoisotopic (exact) mass is 226 g/mol. The summed E-state index contributed by atoms with van der Waals surface area (Å²) in [6.45, 7) is 1.46. The molecule has 1 unspecified atom stereocenters. The number of rotatable bonds is 1. The van der Waals surface area contributed by atoms with Gasteiger partial charge in [-0.3, -0.25) is 0 Å². The van der Waals surface area contributed by atoms with Gasteiger partial charge in [0.2, 0.25) is 5.28 Å². The molecule has 0 spiro atoms. The van der Waals surface area contributed by atoms with E-state index in [0.29, 0.717) is 0 Å². The lowest BCUT2D eigenvalue weighted by Crippen LogP contribution is -2.21. The van der Waals surface area contributed by atoms with Gasteiger partial charge in [-0.15, -0.1) is 0 Å². The molecule has 7 heteroatoms. The zero-order chi connectivity index (χ0) is 10.9. The summed E-state index contributed by atoms with van der Waals surface area (Å²) in [7, 11) is 0. The fourth-order valence-corrected chi connectivity index (χ4v) is 1.09. The fraction of sp³-hybridized carbons (Fsp3) is 0.429. The van der Waals surface area contributed by atoms with Crippen LogP contribution in [0.5, 0.6) is 0 Å². The molecule has 14 heavy (non-hydrogen) atoms. The van der Waals surface area contributed by atoms with Crippen molar-refractivity contribution in [2.24, 2.45) is 0 Å². The molecule has 1 N–H and O–H groups in total. The highest BCUT2D eigenvalue weighted by atomic mass is 35.5. The third-order valence-corrected chi connectivity index (χ3v) is 1.61. The average Bonchev–Trinajstić information content (AvgIpc) is 1.99. The highest BCUT2D eigenvalue weighted by Gasteiger charge is 2.40. The van der Waals surface area contributed by atoms with E-state index in [1.807, 2.05) is 0 Å². The Hall–Kier alpha value is -0.880. The first kappa shape index (κ1) is 11.2. The van der Waals surface area contributed by atoms with Crippen LogP contribution in [0.3, 0.4) is 0 Å². The maximum Gasteiger partial charge on any atom is 0.420 e. The normalized spacial score (nSPS) is 14.1. The van der Waals surface area contributed by atoms with Crippen LogP contribution in [0, 0.1) is 6.92 Å². The first-order valence-electron chi connectivity index (χ1n) is 3.56. The quantitative estimate of drug-likeness (QED) is 0.746. The zero-order valence-corrected chi connectivity index (χ0v) is 7.76. The molecule has 0 bridgehead atoms. The minimum atomic E-state index is -4.75. The van der Waals surface area contributed by atoms with E-state index in [1.54, 1.807) is 0 Å². The van der Waals surface area contributed by atoms with Gasteiger partial charge in [0.15, 0.2) is 6.10 Å². The second-order valence-corrected chi connectivity index (χ2v) is 2.99. The largest absolute Gasteiger partial charge is 0.420 e. The molecular formula is C7H6ClF3N2O. The summed E-state index contributed by atoms with van der Waals surface area (Å²) < 4.78 is 36.1. The van der Waals surface area contributed by atoms with Crippen molar-refractivity contribution in [3.63, 3.8) is 0 Å². The van der Waals surface area contributed by atoms with E-state index in [0.717, 1.165) is 6.07 Å². The van der Waals surface area contributed by atoms with Gasteiger partial charge in [-0.1, -0.05) is 0 Å². The number of aliphatic hydroxyl groups is 1. The van der Waals surface area contributed by atoms with E-state index in [1.165, 1.54) is 6.92 Å². The Kier molecular flexibility index (Phi) is 2.96. The predicted molar refractivity (Wildman–Crippen MR) is 42.8 cm³/mol. The Morgan fingerprint density at radius 3 is 2.43 bits per heavy atom. The van der Waals surface area contributed by atoms with E-state index in [-0.39, 0.29) is 11.0 Å². The van der Waals surface area contributed by atoms with Crippen molar-refractivity contribution < 1.29 is 18.3 Å². The molecule has 1 heterocycles. The van der Waals surface area contributed by atoms with Crippen LogP contribution in [0.2, 0.25) is 5.28 Å². The van der Waals surface area contributed by atoms with Crippen LogP contribution < -0.4 is 0 Å². The van der Waals surface area contributed by atoms with Crippen molar-refractivity contribution in [3.05, 3.63) is 22.7 Å². The smallest absolute Gasteiger partial charge is 0.378 e. The minimum absolute atomic E-state index is 0.267. The number of halogens is 4. The predicted octanol–water partition coefficient (Wildman–Crippen LogP) is 2.03. The Balaban J connectivity index is 3.07. The van der Waals surface area contributed by atoms with Crippen molar-refractivity contribution in [2.75, 3.05) is 0 Å². The van der Waals surface area contributed by atoms with Crippen molar-refractivity contribution in [1.29, 1.82) is 0 Å². The maximum atomic E-state index is 12.0. The molecule has 0 radical (unpaired) electrons. The second kappa shape index (κ2) is 3.70. The lowest BCUT2D eigenvalue weighted by atomic mass is 10.2. The van der Waals surface area contributed by atoms with Crippen LogP contribution in [0.15, 0.2) is 6.07 Å². The van der Waals surface area contributed by atoms with Gasteiger partial charge in [0.1, 0.15) is 0 Å². The number of nitrogens with zero attached hydrogens (tertiary/aromatic N) is 2. The van der Waals surface area contributed by atoms with E-state index in [2.05, 4.69) is 9.97 Å². The molecule has 1 aromatic rings. The summed E-state index contributed by atoms with van der Waals surface area (Å²) >= 11 is 5.34. The molecule has 1 atom stereocenters. The van der Waals surface area contributed by atoms with Gasteiger partial charge in [-0.05, 0) is 24.6 Å². The molecule has 0 aromatic carbocycles. The van der Waals surface area contributed by atoms with Gasteiger partial charge in [-0.25, -0.2) is 9.97 Å². The molecule has 1 rings (SSSR count). The van der Waals surface area contributed by atoms with Crippen LogP contribution in [0.25, 0.3) is 0 Å². The third kappa shape index (κ3) is 2.55. The highest BCUT2D eigenvalue weighted by molar-refractivity contribution is 6.28. The van der Waals surface area contributed by atoms with Gasteiger partial charge in [-0.2, -0.15) is 13.2 Å². The molecule has 0 amide bonds. The molecular weight excluding hydrogens is 221 g/mol. The summed E-state index contributed by atoms with van der Waals surface area (Å²) in [5.74, 6) is 0. The zero-order valence-electron chi connectivity index (χ0n) is 7.01. The van der Waals surface area contributed by atoms with E-state index < -0.39 is 18.0 Å². The third-order valence-electron chi connectivity index (χ3n) is 1.44. The molecule has 0 aliphatic heterocycles. The van der Waals surface area contributed by atoms with Crippen LogP contribution in [-0.4, -0.2) is 21.3 Å². The van der Waals surface area contributed by atoms with Crippen molar-refractivity contribution in [3.8, 4) is 0 Å². The highest BCUT2D eigenvalue weighted by Crippen LogP contribution is 2.31. The van der Waals surface area contributed by atoms with Gasteiger partial charge in [0, 0.05) is 5.69 Å². The Morgan fingerprint density at radius 2 is 2.00 bits per heavy atom. The summed E-state index contributed by atoms with van der Waals surface area (Å²) in [5, 5.41) is 8.52. The topological polar surface area (TPSA) is 46.0 Å². The Labute approximate surface area is 82.6 Å². The molecule has 3 nitrogen and oxygen atoms in total. The first-order valence-corrected chi connectivity index (χ1v) is 3.94. The number of aliphatic hydroxyl groups excluding tert-OH is 1. The lowest BCUT2D eigenvalue weighted by molar-refractivity contribution is -0.208.